The Morgan fingerprint density at radius 2 is 2.47 bits per heavy atom. The highest BCUT2D eigenvalue weighted by atomic mass is 16.5. The van der Waals surface area contributed by atoms with Crippen LogP contribution in [-0.4, -0.2) is 43.7 Å². The van der Waals surface area contributed by atoms with Gasteiger partial charge in [0.05, 0.1) is 7.11 Å². The van der Waals surface area contributed by atoms with Crippen molar-refractivity contribution >= 4 is 5.97 Å². The Bertz CT molecular complexity index is 229. The minimum atomic E-state index is -0.318. The van der Waals surface area contributed by atoms with Crippen LogP contribution in [0.15, 0.2) is 12.3 Å². The van der Waals surface area contributed by atoms with Crippen LogP contribution in [0.3, 0.4) is 0 Å². The largest absolute Gasteiger partial charge is 0.466 e. The van der Waals surface area contributed by atoms with E-state index in [0.717, 1.165) is 13.1 Å². The molecule has 0 saturated carbocycles. The maximum Gasteiger partial charge on any atom is 0.331 e. The SMILES string of the molecule is CCN1CCCC1CN/C=C/C(=O)OC. The summed E-state index contributed by atoms with van der Waals surface area (Å²) in [7, 11) is 1.38. The number of rotatable bonds is 5. The number of likely N-dealkylation sites (N-methyl/N-ethyl adjacent to an activating group) is 1. The fourth-order valence-electron chi connectivity index (χ4n) is 1.94. The molecule has 0 amide bonds. The molecule has 1 fully saturated rings. The van der Waals surface area contributed by atoms with Crippen molar-refractivity contribution in [1.29, 1.82) is 0 Å². The smallest absolute Gasteiger partial charge is 0.331 e. The first-order chi connectivity index (χ1) is 7.27. The summed E-state index contributed by atoms with van der Waals surface area (Å²) >= 11 is 0. The van der Waals surface area contributed by atoms with Gasteiger partial charge in [-0.15, -0.1) is 0 Å². The summed E-state index contributed by atoms with van der Waals surface area (Å²) in [4.78, 5) is 13.2. The summed E-state index contributed by atoms with van der Waals surface area (Å²) in [5.41, 5.74) is 0. The van der Waals surface area contributed by atoms with Gasteiger partial charge in [-0.25, -0.2) is 4.79 Å². The van der Waals surface area contributed by atoms with Crippen molar-refractivity contribution < 1.29 is 9.53 Å². The molecule has 0 spiro atoms. The van der Waals surface area contributed by atoms with Crippen molar-refractivity contribution in [2.24, 2.45) is 0 Å². The lowest BCUT2D eigenvalue weighted by Crippen LogP contribution is -2.36. The zero-order valence-corrected chi connectivity index (χ0v) is 9.53. The highest BCUT2D eigenvalue weighted by molar-refractivity contribution is 5.81. The van der Waals surface area contributed by atoms with Gasteiger partial charge in [0.2, 0.25) is 0 Å². The Labute approximate surface area is 91.3 Å². The Morgan fingerprint density at radius 3 is 3.13 bits per heavy atom. The maximum absolute atomic E-state index is 10.8. The van der Waals surface area contributed by atoms with Crippen LogP contribution in [0.2, 0.25) is 0 Å². The summed E-state index contributed by atoms with van der Waals surface area (Å²) < 4.78 is 4.49. The second kappa shape index (κ2) is 6.45. The lowest BCUT2D eigenvalue weighted by Gasteiger charge is -2.22. The second-order valence-corrected chi connectivity index (χ2v) is 3.69. The molecule has 1 aliphatic heterocycles. The number of ether oxygens (including phenoxy) is 1. The Morgan fingerprint density at radius 1 is 1.67 bits per heavy atom. The number of hydrogen-bond acceptors (Lipinski definition) is 4. The van der Waals surface area contributed by atoms with Gasteiger partial charge in [-0.1, -0.05) is 6.92 Å². The van der Waals surface area contributed by atoms with Gasteiger partial charge in [-0.05, 0) is 25.9 Å². The Kier molecular flexibility index (Phi) is 5.18. The van der Waals surface area contributed by atoms with Gasteiger partial charge < -0.3 is 10.1 Å². The molecule has 1 saturated heterocycles. The first-order valence-electron chi connectivity index (χ1n) is 5.49. The van der Waals surface area contributed by atoms with E-state index >= 15 is 0 Å². The van der Waals surface area contributed by atoms with Gasteiger partial charge in [0, 0.05) is 24.9 Å². The first kappa shape index (κ1) is 12.0. The van der Waals surface area contributed by atoms with Crippen LogP contribution in [0.4, 0.5) is 0 Å². The van der Waals surface area contributed by atoms with Gasteiger partial charge >= 0.3 is 5.97 Å². The van der Waals surface area contributed by atoms with Gasteiger partial charge in [0.25, 0.3) is 0 Å². The summed E-state index contributed by atoms with van der Waals surface area (Å²) in [6.45, 7) is 5.39. The quantitative estimate of drug-likeness (QED) is 0.539. The van der Waals surface area contributed by atoms with E-state index < -0.39 is 0 Å². The van der Waals surface area contributed by atoms with Crippen LogP contribution in [-0.2, 0) is 9.53 Å². The molecule has 1 heterocycles. The molecular weight excluding hydrogens is 192 g/mol. The molecular formula is C11H20N2O2. The average Bonchev–Trinajstić information content (AvgIpc) is 2.71. The average molecular weight is 212 g/mol. The summed E-state index contributed by atoms with van der Waals surface area (Å²) in [5, 5.41) is 3.13. The monoisotopic (exact) mass is 212 g/mol. The number of nitrogens with one attached hydrogen (secondary N) is 1. The van der Waals surface area contributed by atoms with E-state index in [1.165, 1.54) is 32.6 Å². The normalized spacial score (nSPS) is 22.1. The summed E-state index contributed by atoms with van der Waals surface area (Å²) in [6, 6.07) is 0.609. The molecule has 0 aliphatic carbocycles. The van der Waals surface area contributed by atoms with Crippen LogP contribution < -0.4 is 5.32 Å². The third kappa shape index (κ3) is 3.91. The molecule has 4 nitrogen and oxygen atoms in total. The highest BCUT2D eigenvalue weighted by Crippen LogP contribution is 2.15. The van der Waals surface area contributed by atoms with Gasteiger partial charge in [-0.2, -0.15) is 0 Å². The molecule has 1 N–H and O–H groups in total. The van der Waals surface area contributed by atoms with E-state index in [1.54, 1.807) is 6.20 Å². The van der Waals surface area contributed by atoms with E-state index in [2.05, 4.69) is 21.9 Å². The zero-order chi connectivity index (χ0) is 11.1. The maximum atomic E-state index is 10.8. The molecule has 1 atom stereocenters. The van der Waals surface area contributed by atoms with E-state index in [4.69, 9.17) is 0 Å². The molecule has 0 aromatic rings. The third-order valence-electron chi connectivity index (χ3n) is 2.80. The minimum absolute atomic E-state index is 0.318. The number of carbonyl (C=O) groups is 1. The molecule has 1 rings (SSSR count). The Balaban J connectivity index is 2.19. The van der Waals surface area contributed by atoms with Crippen molar-refractivity contribution in [1.82, 2.24) is 10.2 Å². The molecule has 1 unspecified atom stereocenters. The van der Waals surface area contributed by atoms with Crippen LogP contribution in [0.5, 0.6) is 0 Å². The molecule has 1 aliphatic rings. The standard InChI is InChI=1S/C11H20N2O2/c1-3-13-8-4-5-10(13)9-12-7-6-11(14)15-2/h6-7,10,12H,3-5,8-9H2,1-2H3/b7-6+. The van der Waals surface area contributed by atoms with Gasteiger partial charge in [0.15, 0.2) is 0 Å². The fraction of sp³-hybridized carbons (Fsp3) is 0.727. The van der Waals surface area contributed by atoms with Gasteiger partial charge in [-0.3, -0.25) is 4.90 Å². The van der Waals surface area contributed by atoms with Crippen molar-refractivity contribution in [2.75, 3.05) is 26.7 Å². The topological polar surface area (TPSA) is 41.6 Å². The third-order valence-corrected chi connectivity index (χ3v) is 2.80. The zero-order valence-electron chi connectivity index (χ0n) is 9.53. The molecule has 86 valence electrons. The predicted molar refractivity (Wildman–Crippen MR) is 59.4 cm³/mol. The molecule has 0 radical (unpaired) electrons. The van der Waals surface area contributed by atoms with Crippen molar-refractivity contribution in [3.05, 3.63) is 12.3 Å². The Hall–Kier alpha value is -1.03. The van der Waals surface area contributed by atoms with E-state index in [9.17, 15) is 4.79 Å². The molecule has 4 heteroatoms. The van der Waals surface area contributed by atoms with E-state index in [0.29, 0.717) is 6.04 Å². The van der Waals surface area contributed by atoms with Crippen LogP contribution in [0.25, 0.3) is 0 Å². The van der Waals surface area contributed by atoms with Crippen molar-refractivity contribution in [2.45, 2.75) is 25.8 Å². The number of hydrogen-bond donors (Lipinski definition) is 1. The van der Waals surface area contributed by atoms with Crippen LogP contribution in [0, 0.1) is 0 Å². The molecule has 0 aromatic carbocycles. The molecule has 15 heavy (non-hydrogen) atoms. The number of carbonyl (C=O) groups excluding carboxylic acids is 1. The van der Waals surface area contributed by atoms with Crippen LogP contribution >= 0.6 is 0 Å². The predicted octanol–water partition coefficient (Wildman–Crippen LogP) is 0.747. The highest BCUT2D eigenvalue weighted by Gasteiger charge is 2.21. The van der Waals surface area contributed by atoms with Crippen LogP contribution in [0.1, 0.15) is 19.8 Å². The molecule has 0 bridgehead atoms. The lowest BCUT2D eigenvalue weighted by molar-refractivity contribution is -0.134. The summed E-state index contributed by atoms with van der Waals surface area (Å²) in [6.07, 6.45) is 5.59. The van der Waals surface area contributed by atoms with Crippen molar-refractivity contribution in [3.8, 4) is 0 Å². The summed E-state index contributed by atoms with van der Waals surface area (Å²) in [5.74, 6) is -0.318. The number of likely N-dealkylation sites (tertiary alicyclic amines) is 1. The first-order valence-corrected chi connectivity index (χ1v) is 5.49. The number of esters is 1. The number of nitrogens with zero attached hydrogens (tertiary/aromatic N) is 1. The van der Waals surface area contributed by atoms with Gasteiger partial charge in [0.1, 0.15) is 0 Å². The second-order valence-electron chi connectivity index (χ2n) is 3.69. The number of methoxy groups -OCH3 is 1. The fourth-order valence-corrected chi connectivity index (χ4v) is 1.94. The molecule has 0 aromatic heterocycles. The van der Waals surface area contributed by atoms with Crippen molar-refractivity contribution in [3.63, 3.8) is 0 Å². The van der Waals surface area contributed by atoms with E-state index in [-0.39, 0.29) is 5.97 Å². The van der Waals surface area contributed by atoms with E-state index in [1.807, 2.05) is 0 Å². The lowest BCUT2D eigenvalue weighted by atomic mass is 10.2. The minimum Gasteiger partial charge on any atom is -0.466 e.